The fraction of sp³-hybridized carbons (Fsp3) is 0.158. The molecule has 1 aromatic heterocycles. The largest absolute Gasteiger partial charge is 0.494 e. The number of aryl methyl sites for hydroxylation is 2. The van der Waals surface area contributed by atoms with Crippen molar-refractivity contribution in [1.29, 1.82) is 0 Å². The highest BCUT2D eigenvalue weighted by Gasteiger charge is 2.23. The minimum absolute atomic E-state index is 0.232. The second-order valence-corrected chi connectivity index (χ2v) is 6.66. The van der Waals surface area contributed by atoms with Crippen molar-refractivity contribution in [3.63, 3.8) is 0 Å². The summed E-state index contributed by atoms with van der Waals surface area (Å²) in [5, 5.41) is 7.27. The average molecular weight is 409 g/mol. The average Bonchev–Trinajstić information content (AvgIpc) is 2.98. The van der Waals surface area contributed by atoms with E-state index in [1.165, 1.54) is 25.3 Å². The summed E-state index contributed by atoms with van der Waals surface area (Å²) in [4.78, 5) is 12.8. The maximum Gasteiger partial charge on any atom is 0.261 e. The summed E-state index contributed by atoms with van der Waals surface area (Å²) in [5.74, 6) is -0.169. The van der Waals surface area contributed by atoms with Gasteiger partial charge < -0.3 is 14.6 Å². The van der Waals surface area contributed by atoms with E-state index in [4.69, 9.17) is 32.5 Å². The van der Waals surface area contributed by atoms with Gasteiger partial charge in [-0.3, -0.25) is 4.79 Å². The van der Waals surface area contributed by atoms with Crippen LogP contribution in [0.2, 0.25) is 10.0 Å². The van der Waals surface area contributed by atoms with Crippen molar-refractivity contribution in [2.24, 2.45) is 0 Å². The van der Waals surface area contributed by atoms with Gasteiger partial charge in [-0.25, -0.2) is 4.39 Å². The number of anilines is 1. The molecule has 8 heteroatoms. The zero-order valence-electron chi connectivity index (χ0n) is 14.7. The molecule has 5 nitrogen and oxygen atoms in total. The van der Waals surface area contributed by atoms with Gasteiger partial charge in [-0.15, -0.1) is 0 Å². The Kier molecular flexibility index (Phi) is 5.39. The Morgan fingerprint density at radius 3 is 2.44 bits per heavy atom. The Labute approximate surface area is 165 Å². The molecule has 1 N–H and O–H groups in total. The number of hydrogen-bond donors (Lipinski definition) is 1. The van der Waals surface area contributed by atoms with E-state index in [9.17, 15) is 9.18 Å². The first-order chi connectivity index (χ1) is 12.8. The monoisotopic (exact) mass is 408 g/mol. The molecular weight excluding hydrogens is 394 g/mol. The second-order valence-electron chi connectivity index (χ2n) is 5.85. The topological polar surface area (TPSA) is 64.4 Å². The summed E-state index contributed by atoms with van der Waals surface area (Å²) < 4.78 is 23.6. The van der Waals surface area contributed by atoms with Crippen molar-refractivity contribution in [2.75, 3.05) is 12.4 Å². The Morgan fingerprint density at radius 2 is 1.85 bits per heavy atom. The molecule has 0 unspecified atom stereocenters. The smallest absolute Gasteiger partial charge is 0.261 e. The normalized spacial score (nSPS) is 10.7. The number of carbonyl (C=O) groups is 1. The number of aromatic nitrogens is 1. The lowest BCUT2D eigenvalue weighted by atomic mass is 10.0. The molecule has 1 heterocycles. The van der Waals surface area contributed by atoms with Gasteiger partial charge in [0.2, 0.25) is 0 Å². The zero-order chi connectivity index (χ0) is 19.7. The molecule has 0 aliphatic rings. The molecule has 3 aromatic rings. The molecule has 0 atom stereocenters. The van der Waals surface area contributed by atoms with Gasteiger partial charge in [0.15, 0.2) is 5.75 Å². The number of methoxy groups -OCH3 is 1. The van der Waals surface area contributed by atoms with E-state index in [0.717, 1.165) is 0 Å². The molecule has 3 rings (SSSR count). The summed E-state index contributed by atoms with van der Waals surface area (Å²) in [6, 6.07) is 7.27. The molecule has 0 aliphatic carbocycles. The first-order valence-corrected chi connectivity index (χ1v) is 8.64. The lowest BCUT2D eigenvalue weighted by Crippen LogP contribution is -2.14. The van der Waals surface area contributed by atoms with E-state index in [1.807, 2.05) is 0 Å². The fourth-order valence-corrected chi connectivity index (χ4v) is 3.32. The van der Waals surface area contributed by atoms with Gasteiger partial charge in [-0.2, -0.15) is 0 Å². The Hall–Kier alpha value is -2.57. The quantitative estimate of drug-likeness (QED) is 0.604. The maximum atomic E-state index is 13.3. The fourth-order valence-electron chi connectivity index (χ4n) is 2.68. The summed E-state index contributed by atoms with van der Waals surface area (Å²) in [7, 11) is 1.46. The number of halogens is 3. The molecule has 0 fully saturated rings. The molecule has 0 aliphatic heterocycles. The molecular formula is C19H15Cl2FN2O3. The van der Waals surface area contributed by atoms with E-state index >= 15 is 0 Å². The van der Waals surface area contributed by atoms with E-state index in [2.05, 4.69) is 10.5 Å². The van der Waals surface area contributed by atoms with Gasteiger partial charge in [-0.1, -0.05) is 28.4 Å². The Bertz CT molecular complexity index is 1010. The van der Waals surface area contributed by atoms with Crippen LogP contribution >= 0.6 is 23.2 Å². The molecule has 140 valence electrons. The van der Waals surface area contributed by atoms with Crippen molar-refractivity contribution in [1.82, 2.24) is 5.16 Å². The summed E-state index contributed by atoms with van der Waals surface area (Å²) in [6.07, 6.45) is 0. The van der Waals surface area contributed by atoms with Gasteiger partial charge >= 0.3 is 0 Å². The number of nitrogens with one attached hydrogen (secondary N) is 1. The predicted molar refractivity (Wildman–Crippen MR) is 102 cm³/mol. The van der Waals surface area contributed by atoms with E-state index in [1.54, 1.807) is 26.0 Å². The summed E-state index contributed by atoms with van der Waals surface area (Å²) >= 11 is 12.4. The number of carbonyl (C=O) groups excluding carboxylic acids is 1. The van der Waals surface area contributed by atoms with E-state index < -0.39 is 5.91 Å². The van der Waals surface area contributed by atoms with Crippen LogP contribution in [-0.2, 0) is 0 Å². The Balaban J connectivity index is 2.01. The van der Waals surface area contributed by atoms with Crippen LogP contribution in [0.5, 0.6) is 5.75 Å². The number of hydrogen-bond acceptors (Lipinski definition) is 4. The molecule has 1 amide bonds. The number of amides is 1. The summed E-state index contributed by atoms with van der Waals surface area (Å²) in [6.45, 7) is 3.32. The first-order valence-electron chi connectivity index (χ1n) is 7.89. The third-order valence-electron chi connectivity index (χ3n) is 4.00. The number of ether oxygens (including phenoxy) is 1. The molecule has 0 radical (unpaired) electrons. The highest BCUT2D eigenvalue weighted by atomic mass is 35.5. The molecule has 0 saturated heterocycles. The van der Waals surface area contributed by atoms with Crippen LogP contribution in [0.25, 0.3) is 11.3 Å². The highest BCUT2D eigenvalue weighted by molar-refractivity contribution is 6.37. The number of nitrogens with zero attached hydrogens (tertiary/aromatic N) is 1. The van der Waals surface area contributed by atoms with Crippen molar-refractivity contribution in [2.45, 2.75) is 13.8 Å². The summed E-state index contributed by atoms with van der Waals surface area (Å²) in [5.41, 5.74) is 2.10. The number of benzene rings is 2. The van der Waals surface area contributed by atoms with Crippen LogP contribution in [-0.4, -0.2) is 18.2 Å². The SMILES string of the molecule is COc1c(Cl)cc(-c2noc(C)c2C(=O)Nc2ccc(F)cc2C)cc1Cl. The number of rotatable bonds is 4. The van der Waals surface area contributed by atoms with E-state index in [0.29, 0.717) is 28.3 Å². The van der Waals surface area contributed by atoms with Crippen molar-refractivity contribution in [3.8, 4) is 17.0 Å². The predicted octanol–water partition coefficient (Wildman–Crippen LogP) is 5.67. The second kappa shape index (κ2) is 7.58. The maximum absolute atomic E-state index is 13.3. The third-order valence-corrected chi connectivity index (χ3v) is 4.56. The molecule has 2 aromatic carbocycles. The minimum atomic E-state index is -0.443. The lowest BCUT2D eigenvalue weighted by molar-refractivity contribution is 0.102. The van der Waals surface area contributed by atoms with Crippen LogP contribution in [0, 0.1) is 19.7 Å². The van der Waals surface area contributed by atoms with Gasteiger partial charge in [0.1, 0.15) is 22.8 Å². The molecule has 0 saturated carbocycles. The van der Waals surface area contributed by atoms with Crippen LogP contribution in [0.1, 0.15) is 21.7 Å². The minimum Gasteiger partial charge on any atom is -0.494 e. The van der Waals surface area contributed by atoms with Gasteiger partial charge in [0.25, 0.3) is 5.91 Å². The van der Waals surface area contributed by atoms with Crippen molar-refractivity contribution >= 4 is 34.8 Å². The zero-order valence-corrected chi connectivity index (χ0v) is 16.2. The Morgan fingerprint density at radius 1 is 1.19 bits per heavy atom. The van der Waals surface area contributed by atoms with Crippen LogP contribution < -0.4 is 10.1 Å². The highest BCUT2D eigenvalue weighted by Crippen LogP contribution is 2.38. The van der Waals surface area contributed by atoms with Gasteiger partial charge in [-0.05, 0) is 49.7 Å². The van der Waals surface area contributed by atoms with Crippen molar-refractivity contribution < 1.29 is 18.4 Å². The molecule has 27 heavy (non-hydrogen) atoms. The van der Waals surface area contributed by atoms with E-state index in [-0.39, 0.29) is 27.1 Å². The van der Waals surface area contributed by atoms with Crippen LogP contribution in [0.15, 0.2) is 34.9 Å². The molecule has 0 bridgehead atoms. The molecule has 0 spiro atoms. The van der Waals surface area contributed by atoms with Crippen LogP contribution in [0.4, 0.5) is 10.1 Å². The van der Waals surface area contributed by atoms with Crippen molar-refractivity contribution in [3.05, 3.63) is 63.1 Å². The van der Waals surface area contributed by atoms with Gasteiger partial charge in [0, 0.05) is 11.3 Å². The standard InChI is InChI=1S/C19H15Cl2FN2O3/c1-9-6-12(22)4-5-15(9)23-19(25)16-10(2)27-24-17(16)11-7-13(20)18(26-3)14(21)8-11/h4-8H,1-3H3,(H,23,25). The third kappa shape index (κ3) is 3.77. The first kappa shape index (κ1) is 19.2. The van der Waals surface area contributed by atoms with Gasteiger partial charge in [0.05, 0.1) is 17.2 Å². The lowest BCUT2D eigenvalue weighted by Gasteiger charge is -2.10. The van der Waals surface area contributed by atoms with Crippen LogP contribution in [0.3, 0.4) is 0 Å².